The Kier molecular flexibility index (Phi) is 4.95. The minimum Gasteiger partial charge on any atom is -0.427 e. The number of benzene rings is 2. The molecule has 6 heteroatoms. The highest BCUT2D eigenvalue weighted by Gasteiger charge is 2.13. The molecule has 0 unspecified atom stereocenters. The quantitative estimate of drug-likeness (QED) is 0.678. The van der Waals surface area contributed by atoms with Crippen molar-refractivity contribution in [2.75, 3.05) is 0 Å². The third-order valence-electron chi connectivity index (χ3n) is 2.98. The molecule has 2 aromatic rings. The van der Waals surface area contributed by atoms with Gasteiger partial charge in [-0.15, -0.1) is 0 Å². The molecular weight excluding hydrogens is 302 g/mol. The minimum absolute atomic E-state index is 0.163. The number of rotatable bonds is 5. The van der Waals surface area contributed by atoms with Crippen LogP contribution in [-0.4, -0.2) is 14.4 Å². The summed E-state index contributed by atoms with van der Waals surface area (Å²) in [6.07, 6.45) is 0. The SMILES string of the molecule is CC(=O)Oc1ccc(CNS(=O)(=O)c2ccc(C)cc2)cc1. The first kappa shape index (κ1) is 16.2. The number of esters is 1. The van der Waals surface area contributed by atoms with Crippen LogP contribution >= 0.6 is 0 Å². The first-order chi connectivity index (χ1) is 10.4. The number of ether oxygens (including phenoxy) is 1. The summed E-state index contributed by atoms with van der Waals surface area (Å²) in [5.74, 6) is 0.0328. The van der Waals surface area contributed by atoms with Gasteiger partial charge in [0.25, 0.3) is 0 Å². The third-order valence-corrected chi connectivity index (χ3v) is 4.40. The first-order valence-electron chi connectivity index (χ1n) is 6.70. The number of sulfonamides is 1. The van der Waals surface area contributed by atoms with Crippen molar-refractivity contribution in [1.82, 2.24) is 4.72 Å². The molecule has 0 amide bonds. The zero-order valence-corrected chi connectivity index (χ0v) is 13.2. The van der Waals surface area contributed by atoms with Gasteiger partial charge < -0.3 is 4.74 Å². The first-order valence-corrected chi connectivity index (χ1v) is 8.19. The molecule has 22 heavy (non-hydrogen) atoms. The number of hydrogen-bond donors (Lipinski definition) is 1. The Hall–Kier alpha value is -2.18. The highest BCUT2D eigenvalue weighted by atomic mass is 32.2. The molecule has 1 N–H and O–H groups in total. The Morgan fingerprint density at radius 1 is 1.05 bits per heavy atom. The van der Waals surface area contributed by atoms with Crippen molar-refractivity contribution in [3.8, 4) is 5.75 Å². The standard InChI is InChI=1S/C16H17NO4S/c1-12-3-9-16(10-4-12)22(19,20)17-11-14-5-7-15(8-6-14)21-13(2)18/h3-10,17H,11H2,1-2H3. The van der Waals surface area contributed by atoms with Crippen LogP contribution in [0.25, 0.3) is 0 Å². The van der Waals surface area contributed by atoms with Crippen molar-refractivity contribution in [2.24, 2.45) is 0 Å². The summed E-state index contributed by atoms with van der Waals surface area (Å²) in [6.45, 7) is 3.38. The van der Waals surface area contributed by atoms with Crippen LogP contribution in [0.2, 0.25) is 0 Å². The van der Waals surface area contributed by atoms with E-state index in [-0.39, 0.29) is 11.4 Å². The van der Waals surface area contributed by atoms with Gasteiger partial charge in [-0.25, -0.2) is 13.1 Å². The Bertz CT molecular complexity index is 750. The summed E-state index contributed by atoms with van der Waals surface area (Å²) in [5, 5.41) is 0. The fourth-order valence-electron chi connectivity index (χ4n) is 1.82. The molecule has 0 fully saturated rings. The van der Waals surface area contributed by atoms with Crippen LogP contribution in [0, 0.1) is 6.92 Å². The van der Waals surface area contributed by atoms with Crippen molar-refractivity contribution in [3.63, 3.8) is 0 Å². The summed E-state index contributed by atoms with van der Waals surface area (Å²) in [6, 6.07) is 13.3. The van der Waals surface area contributed by atoms with E-state index in [0.717, 1.165) is 11.1 Å². The van der Waals surface area contributed by atoms with Gasteiger partial charge >= 0.3 is 5.97 Å². The van der Waals surface area contributed by atoms with E-state index in [2.05, 4.69) is 4.72 Å². The predicted octanol–water partition coefficient (Wildman–Crippen LogP) is 2.40. The molecule has 0 radical (unpaired) electrons. The van der Waals surface area contributed by atoms with E-state index < -0.39 is 16.0 Å². The summed E-state index contributed by atoms with van der Waals surface area (Å²) >= 11 is 0. The summed E-state index contributed by atoms with van der Waals surface area (Å²) < 4.78 is 31.8. The molecule has 0 atom stereocenters. The van der Waals surface area contributed by atoms with Crippen molar-refractivity contribution in [2.45, 2.75) is 25.3 Å². The molecule has 0 aliphatic rings. The van der Waals surface area contributed by atoms with Gasteiger partial charge in [-0.05, 0) is 36.8 Å². The molecule has 2 rings (SSSR count). The lowest BCUT2D eigenvalue weighted by Crippen LogP contribution is -2.23. The van der Waals surface area contributed by atoms with E-state index in [1.165, 1.54) is 6.92 Å². The summed E-state index contributed by atoms with van der Waals surface area (Å²) in [5.41, 5.74) is 1.77. The van der Waals surface area contributed by atoms with Crippen molar-refractivity contribution < 1.29 is 17.9 Å². The maximum Gasteiger partial charge on any atom is 0.308 e. The van der Waals surface area contributed by atoms with Crippen molar-refractivity contribution >= 4 is 16.0 Å². The van der Waals surface area contributed by atoms with Gasteiger partial charge in [0.1, 0.15) is 5.75 Å². The number of hydrogen-bond acceptors (Lipinski definition) is 4. The van der Waals surface area contributed by atoms with Crippen LogP contribution in [0.5, 0.6) is 5.75 Å². The molecule has 5 nitrogen and oxygen atoms in total. The van der Waals surface area contributed by atoms with E-state index in [1.54, 1.807) is 48.5 Å². The van der Waals surface area contributed by atoms with Crippen LogP contribution < -0.4 is 9.46 Å². The summed E-state index contributed by atoms with van der Waals surface area (Å²) in [4.78, 5) is 11.1. The van der Waals surface area contributed by atoms with Gasteiger partial charge in [-0.1, -0.05) is 29.8 Å². The Balaban J connectivity index is 2.02. The van der Waals surface area contributed by atoms with Crippen LogP contribution in [0.15, 0.2) is 53.4 Å². The molecule has 0 saturated heterocycles. The van der Waals surface area contributed by atoms with E-state index in [0.29, 0.717) is 5.75 Å². The van der Waals surface area contributed by atoms with E-state index in [1.807, 2.05) is 6.92 Å². The molecule has 116 valence electrons. The predicted molar refractivity (Wildman–Crippen MR) is 83.0 cm³/mol. The maximum absolute atomic E-state index is 12.1. The van der Waals surface area contributed by atoms with E-state index in [4.69, 9.17) is 4.74 Å². The Morgan fingerprint density at radius 3 is 2.18 bits per heavy atom. The van der Waals surface area contributed by atoms with Gasteiger partial charge in [0.05, 0.1) is 4.90 Å². The van der Waals surface area contributed by atoms with Crippen LogP contribution in [0.1, 0.15) is 18.1 Å². The van der Waals surface area contributed by atoms with E-state index >= 15 is 0 Å². The van der Waals surface area contributed by atoms with Crippen LogP contribution in [-0.2, 0) is 21.4 Å². The fourth-order valence-corrected chi connectivity index (χ4v) is 2.84. The normalized spacial score (nSPS) is 11.2. The largest absolute Gasteiger partial charge is 0.427 e. The lowest BCUT2D eigenvalue weighted by atomic mass is 10.2. The van der Waals surface area contributed by atoms with Crippen LogP contribution in [0.4, 0.5) is 0 Å². The average molecular weight is 319 g/mol. The maximum atomic E-state index is 12.1. The average Bonchev–Trinajstić information content (AvgIpc) is 2.46. The second kappa shape index (κ2) is 6.72. The number of nitrogens with one attached hydrogen (secondary N) is 1. The minimum atomic E-state index is -3.54. The molecular formula is C16H17NO4S. The molecule has 0 saturated carbocycles. The number of aryl methyl sites for hydroxylation is 1. The van der Waals surface area contributed by atoms with Gasteiger partial charge in [-0.2, -0.15) is 0 Å². The molecule has 0 spiro atoms. The smallest absolute Gasteiger partial charge is 0.308 e. The molecule has 0 bridgehead atoms. The zero-order valence-electron chi connectivity index (χ0n) is 12.4. The van der Waals surface area contributed by atoms with Gasteiger partial charge in [0, 0.05) is 13.5 Å². The zero-order chi connectivity index (χ0) is 16.2. The number of carbonyl (C=O) groups is 1. The molecule has 0 aromatic heterocycles. The monoisotopic (exact) mass is 319 g/mol. The highest BCUT2D eigenvalue weighted by Crippen LogP contribution is 2.14. The fraction of sp³-hybridized carbons (Fsp3) is 0.188. The molecule has 2 aromatic carbocycles. The summed E-state index contributed by atoms with van der Waals surface area (Å²) in [7, 11) is -3.54. The molecule has 0 aliphatic heterocycles. The Labute approximate surface area is 130 Å². The van der Waals surface area contributed by atoms with Crippen molar-refractivity contribution in [1.29, 1.82) is 0 Å². The topological polar surface area (TPSA) is 72.5 Å². The highest BCUT2D eigenvalue weighted by molar-refractivity contribution is 7.89. The van der Waals surface area contributed by atoms with Gasteiger partial charge in [-0.3, -0.25) is 4.79 Å². The van der Waals surface area contributed by atoms with Crippen LogP contribution in [0.3, 0.4) is 0 Å². The molecule has 0 aliphatic carbocycles. The molecule has 0 heterocycles. The van der Waals surface area contributed by atoms with Gasteiger partial charge in [0.2, 0.25) is 10.0 Å². The third kappa shape index (κ3) is 4.41. The Morgan fingerprint density at radius 2 is 1.64 bits per heavy atom. The van der Waals surface area contributed by atoms with E-state index in [9.17, 15) is 13.2 Å². The second-order valence-corrected chi connectivity index (χ2v) is 6.64. The number of carbonyl (C=O) groups excluding carboxylic acids is 1. The van der Waals surface area contributed by atoms with Gasteiger partial charge in [0.15, 0.2) is 0 Å². The van der Waals surface area contributed by atoms with Crippen molar-refractivity contribution in [3.05, 3.63) is 59.7 Å². The lowest BCUT2D eigenvalue weighted by molar-refractivity contribution is -0.131. The lowest BCUT2D eigenvalue weighted by Gasteiger charge is -2.08. The second-order valence-electron chi connectivity index (χ2n) is 4.88.